The van der Waals surface area contributed by atoms with Gasteiger partial charge in [-0.2, -0.15) is 0 Å². The van der Waals surface area contributed by atoms with Crippen molar-refractivity contribution in [2.45, 2.75) is 18.9 Å². The van der Waals surface area contributed by atoms with Gasteiger partial charge in [-0.25, -0.2) is 22.5 Å². The van der Waals surface area contributed by atoms with Gasteiger partial charge in [-0.15, -0.1) is 0 Å². The zero-order valence-electron chi connectivity index (χ0n) is 11.3. The minimum absolute atomic E-state index is 0.0170. The average molecular weight is 336 g/mol. The van der Waals surface area contributed by atoms with Gasteiger partial charge < -0.3 is 4.90 Å². The minimum atomic E-state index is -3.34. The molecule has 1 aromatic heterocycles. The third-order valence-electron chi connectivity index (χ3n) is 3.13. The van der Waals surface area contributed by atoms with E-state index in [1.807, 2.05) is 0 Å². The number of carbonyl (C=O) groups excluding carboxylic acids is 1. The fourth-order valence-corrected chi connectivity index (χ4v) is 3.29. The topological polar surface area (TPSA) is 79.4 Å². The highest BCUT2D eigenvalue weighted by Gasteiger charge is 2.27. The van der Waals surface area contributed by atoms with E-state index in [1.54, 1.807) is 0 Å². The third-order valence-corrected chi connectivity index (χ3v) is 4.19. The lowest BCUT2D eigenvalue weighted by atomic mass is 10.1. The van der Waals surface area contributed by atoms with Crippen LogP contribution in [0.1, 0.15) is 23.2 Å². The van der Waals surface area contributed by atoms with Crippen LogP contribution in [0, 0.1) is 5.82 Å². The molecular formula is C12H15ClFN3O3S. The van der Waals surface area contributed by atoms with Crippen LogP contribution in [0.15, 0.2) is 12.3 Å². The van der Waals surface area contributed by atoms with Gasteiger partial charge in [0, 0.05) is 19.1 Å². The standard InChI is InChI=1S/C12H15ClFN3O3S/c1-21(19,20)16-9-3-2-4-17(7-9)12(18)10-5-8(14)6-15-11(10)13/h5-6,9,16H,2-4,7H2,1H3. The number of hydrogen-bond donors (Lipinski definition) is 1. The Labute approximate surface area is 127 Å². The molecule has 2 heterocycles. The van der Waals surface area contributed by atoms with Gasteiger partial charge in [-0.3, -0.25) is 4.79 Å². The van der Waals surface area contributed by atoms with E-state index in [-0.39, 0.29) is 23.3 Å². The summed E-state index contributed by atoms with van der Waals surface area (Å²) in [5, 5.41) is -0.0698. The lowest BCUT2D eigenvalue weighted by Crippen LogP contribution is -2.49. The molecule has 1 aliphatic heterocycles. The normalized spacial score (nSPS) is 19.6. The maximum atomic E-state index is 13.2. The average Bonchev–Trinajstić information content (AvgIpc) is 2.39. The first-order chi connectivity index (χ1) is 9.76. The second-order valence-corrected chi connectivity index (χ2v) is 7.11. The van der Waals surface area contributed by atoms with Crippen molar-refractivity contribution < 1.29 is 17.6 Å². The Hall–Kier alpha value is -1.25. The molecule has 0 radical (unpaired) electrons. The molecule has 116 valence electrons. The lowest BCUT2D eigenvalue weighted by molar-refractivity contribution is 0.0702. The smallest absolute Gasteiger partial charge is 0.257 e. The highest BCUT2D eigenvalue weighted by molar-refractivity contribution is 7.88. The van der Waals surface area contributed by atoms with E-state index in [0.717, 1.165) is 18.5 Å². The van der Waals surface area contributed by atoms with Crippen molar-refractivity contribution >= 4 is 27.5 Å². The molecule has 1 fully saturated rings. The molecule has 0 bridgehead atoms. The van der Waals surface area contributed by atoms with Crippen LogP contribution in [0.2, 0.25) is 5.15 Å². The fourth-order valence-electron chi connectivity index (χ4n) is 2.30. The Balaban J connectivity index is 2.14. The molecule has 1 unspecified atom stereocenters. The number of hydrogen-bond acceptors (Lipinski definition) is 4. The fraction of sp³-hybridized carbons (Fsp3) is 0.500. The highest BCUT2D eigenvalue weighted by atomic mass is 35.5. The van der Waals surface area contributed by atoms with E-state index < -0.39 is 21.7 Å². The maximum absolute atomic E-state index is 13.2. The number of nitrogens with one attached hydrogen (secondary N) is 1. The van der Waals surface area contributed by atoms with Gasteiger partial charge in [-0.1, -0.05) is 11.6 Å². The molecule has 1 aromatic rings. The van der Waals surface area contributed by atoms with Crippen molar-refractivity contribution in [3.8, 4) is 0 Å². The number of pyridine rings is 1. The van der Waals surface area contributed by atoms with Gasteiger partial charge in [0.15, 0.2) is 0 Å². The number of nitrogens with zero attached hydrogens (tertiary/aromatic N) is 2. The molecule has 0 spiro atoms. The lowest BCUT2D eigenvalue weighted by Gasteiger charge is -2.32. The van der Waals surface area contributed by atoms with Crippen LogP contribution in [0.25, 0.3) is 0 Å². The van der Waals surface area contributed by atoms with Gasteiger partial charge in [-0.05, 0) is 18.9 Å². The van der Waals surface area contributed by atoms with Crippen LogP contribution in [0.5, 0.6) is 0 Å². The summed E-state index contributed by atoms with van der Waals surface area (Å²) in [6, 6.07) is 0.684. The molecule has 6 nitrogen and oxygen atoms in total. The van der Waals surface area contributed by atoms with Crippen LogP contribution in [0.4, 0.5) is 4.39 Å². The third kappa shape index (κ3) is 4.36. The second kappa shape index (κ2) is 6.25. The monoisotopic (exact) mass is 335 g/mol. The van der Waals surface area contributed by atoms with E-state index in [0.29, 0.717) is 19.4 Å². The molecule has 0 aliphatic carbocycles. The Bertz CT molecular complexity index is 653. The summed E-state index contributed by atoms with van der Waals surface area (Å²) >= 11 is 5.82. The predicted molar refractivity (Wildman–Crippen MR) is 76.1 cm³/mol. The molecule has 0 saturated carbocycles. The van der Waals surface area contributed by atoms with E-state index in [9.17, 15) is 17.6 Å². The largest absolute Gasteiger partial charge is 0.337 e. The van der Waals surface area contributed by atoms with Crippen molar-refractivity contribution in [3.05, 3.63) is 28.8 Å². The Morgan fingerprint density at radius 3 is 2.95 bits per heavy atom. The van der Waals surface area contributed by atoms with E-state index >= 15 is 0 Å². The maximum Gasteiger partial charge on any atom is 0.257 e. The van der Waals surface area contributed by atoms with E-state index in [1.165, 1.54) is 4.90 Å². The number of halogens is 2. The summed E-state index contributed by atoms with van der Waals surface area (Å²) in [7, 11) is -3.34. The predicted octanol–water partition coefficient (Wildman–Crippen LogP) is 1.03. The summed E-state index contributed by atoms with van der Waals surface area (Å²) in [6.45, 7) is 0.687. The summed E-state index contributed by atoms with van der Waals surface area (Å²) < 4.78 is 38.2. The van der Waals surface area contributed by atoms with Gasteiger partial charge in [0.2, 0.25) is 10.0 Å². The van der Waals surface area contributed by atoms with Crippen molar-refractivity contribution in [2.75, 3.05) is 19.3 Å². The molecule has 21 heavy (non-hydrogen) atoms. The first-order valence-corrected chi connectivity index (χ1v) is 8.61. The Kier molecular flexibility index (Phi) is 4.80. The van der Waals surface area contributed by atoms with Crippen LogP contribution < -0.4 is 4.72 Å². The van der Waals surface area contributed by atoms with Crippen molar-refractivity contribution in [3.63, 3.8) is 0 Å². The number of sulfonamides is 1. The highest BCUT2D eigenvalue weighted by Crippen LogP contribution is 2.19. The van der Waals surface area contributed by atoms with Gasteiger partial charge in [0.25, 0.3) is 5.91 Å². The van der Waals surface area contributed by atoms with Crippen molar-refractivity contribution in [2.24, 2.45) is 0 Å². The zero-order valence-corrected chi connectivity index (χ0v) is 12.9. The van der Waals surface area contributed by atoms with Crippen molar-refractivity contribution in [1.29, 1.82) is 0 Å². The number of piperidine rings is 1. The van der Waals surface area contributed by atoms with Crippen LogP contribution >= 0.6 is 11.6 Å². The zero-order chi connectivity index (χ0) is 15.6. The van der Waals surface area contributed by atoms with Crippen LogP contribution in [-0.4, -0.2) is 49.6 Å². The minimum Gasteiger partial charge on any atom is -0.337 e. The SMILES string of the molecule is CS(=O)(=O)NC1CCCN(C(=O)c2cc(F)cnc2Cl)C1. The number of likely N-dealkylation sites (tertiary alicyclic amines) is 1. The van der Waals surface area contributed by atoms with Gasteiger partial charge >= 0.3 is 0 Å². The molecule has 1 N–H and O–H groups in total. The summed E-state index contributed by atoms with van der Waals surface area (Å²) in [6.07, 6.45) is 3.30. The van der Waals surface area contributed by atoms with Crippen LogP contribution in [-0.2, 0) is 10.0 Å². The molecule has 0 aromatic carbocycles. The number of amides is 1. The molecular weight excluding hydrogens is 321 g/mol. The molecule has 1 atom stereocenters. The second-order valence-electron chi connectivity index (χ2n) is 4.97. The quantitative estimate of drug-likeness (QED) is 0.837. The van der Waals surface area contributed by atoms with E-state index in [2.05, 4.69) is 9.71 Å². The molecule has 2 rings (SSSR count). The number of rotatable bonds is 3. The molecule has 9 heteroatoms. The Morgan fingerprint density at radius 2 is 2.29 bits per heavy atom. The summed E-state index contributed by atoms with van der Waals surface area (Å²) in [5.41, 5.74) is -0.0170. The van der Waals surface area contributed by atoms with Crippen LogP contribution in [0.3, 0.4) is 0 Å². The molecule has 1 aliphatic rings. The Morgan fingerprint density at radius 1 is 1.57 bits per heavy atom. The number of aromatic nitrogens is 1. The van der Waals surface area contributed by atoms with Gasteiger partial charge in [0.1, 0.15) is 11.0 Å². The molecule has 1 amide bonds. The van der Waals surface area contributed by atoms with Gasteiger partial charge in [0.05, 0.1) is 18.0 Å². The summed E-state index contributed by atoms with van der Waals surface area (Å²) in [5.74, 6) is -1.10. The summed E-state index contributed by atoms with van der Waals surface area (Å²) in [4.78, 5) is 17.4. The first-order valence-electron chi connectivity index (χ1n) is 6.34. The first kappa shape index (κ1) is 16.1. The van der Waals surface area contributed by atoms with E-state index in [4.69, 9.17) is 11.6 Å². The number of carbonyl (C=O) groups is 1. The van der Waals surface area contributed by atoms with Crippen molar-refractivity contribution in [1.82, 2.24) is 14.6 Å². The molecule has 1 saturated heterocycles.